The lowest BCUT2D eigenvalue weighted by Gasteiger charge is -2.10. The zero-order valence-corrected chi connectivity index (χ0v) is 12.5. The molecule has 1 unspecified atom stereocenters. The highest BCUT2D eigenvalue weighted by Gasteiger charge is 2.05. The average molecular weight is 387 g/mol. The second kappa shape index (κ2) is 6.13. The smallest absolute Gasteiger partial charge is 0.133 e. The predicted octanol–water partition coefficient (Wildman–Crippen LogP) is 4.29. The molecule has 0 aliphatic rings. The van der Waals surface area contributed by atoms with Crippen LogP contribution in [0.4, 0.5) is 0 Å². The second-order valence-corrected chi connectivity index (χ2v) is 5.79. The average Bonchev–Trinajstić information content (AvgIpc) is 2.16. The lowest BCUT2D eigenvalue weighted by atomic mass is 10.2. The van der Waals surface area contributed by atoms with Crippen LogP contribution in [0.3, 0.4) is 0 Å². The Balaban J connectivity index is 2.59. The number of alkyl halides is 2. The molecule has 1 nitrogen and oxygen atoms in total. The molecular weight excluding hydrogens is 376 g/mol. The maximum Gasteiger partial charge on any atom is 0.133 e. The largest absolute Gasteiger partial charge is 0.491 e. The summed E-state index contributed by atoms with van der Waals surface area (Å²) < 4.78 is 6.63. The topological polar surface area (TPSA) is 9.23 Å². The van der Waals surface area contributed by atoms with Crippen LogP contribution in [-0.2, 0) is 0 Å². The Morgan fingerprint density at radius 1 is 1.43 bits per heavy atom. The molecule has 0 amide bonds. The monoisotopic (exact) mass is 384 g/mol. The number of benzene rings is 1. The molecule has 0 fully saturated rings. The molecule has 1 aromatic carbocycles. The first-order chi connectivity index (χ1) is 6.63. The van der Waals surface area contributed by atoms with Crippen molar-refractivity contribution in [3.05, 3.63) is 28.2 Å². The highest BCUT2D eigenvalue weighted by molar-refractivity contribution is 9.12. The Hall–Kier alpha value is 0.460. The van der Waals surface area contributed by atoms with Crippen LogP contribution < -0.4 is 4.74 Å². The van der Waals surface area contributed by atoms with Gasteiger partial charge in [-0.1, -0.05) is 37.9 Å². The quantitative estimate of drug-likeness (QED) is 0.701. The van der Waals surface area contributed by atoms with E-state index in [2.05, 4.69) is 54.7 Å². The van der Waals surface area contributed by atoms with Crippen LogP contribution in [0.15, 0.2) is 22.7 Å². The molecule has 0 spiro atoms. The molecule has 1 rings (SSSR count). The fourth-order valence-electron chi connectivity index (χ4n) is 0.948. The number of hydrogen-bond donors (Lipinski definition) is 0. The van der Waals surface area contributed by atoms with E-state index in [1.54, 1.807) is 0 Å². The Morgan fingerprint density at radius 2 is 2.14 bits per heavy atom. The van der Waals surface area contributed by atoms with Gasteiger partial charge in [0.2, 0.25) is 0 Å². The van der Waals surface area contributed by atoms with Gasteiger partial charge < -0.3 is 4.74 Å². The van der Waals surface area contributed by atoms with Crippen LogP contribution in [0.5, 0.6) is 5.75 Å². The van der Waals surface area contributed by atoms with E-state index in [0.717, 1.165) is 15.6 Å². The highest BCUT2D eigenvalue weighted by atomic mass is 79.9. The van der Waals surface area contributed by atoms with Gasteiger partial charge >= 0.3 is 0 Å². The summed E-state index contributed by atoms with van der Waals surface area (Å²) in [5.74, 6) is 0.890. The van der Waals surface area contributed by atoms with Gasteiger partial charge in [-0.2, -0.15) is 0 Å². The van der Waals surface area contributed by atoms with Crippen LogP contribution in [-0.4, -0.2) is 16.8 Å². The first-order valence-electron chi connectivity index (χ1n) is 4.22. The summed E-state index contributed by atoms with van der Waals surface area (Å²) in [5, 5.41) is 0.885. The lowest BCUT2D eigenvalue weighted by Crippen LogP contribution is -2.12. The van der Waals surface area contributed by atoms with Crippen molar-refractivity contribution in [1.29, 1.82) is 0 Å². The molecule has 0 heterocycles. The maximum atomic E-state index is 5.62. The summed E-state index contributed by atoms with van der Waals surface area (Å²) >= 11 is 10.3. The third-order valence-corrected chi connectivity index (χ3v) is 4.53. The van der Waals surface area contributed by atoms with Crippen molar-refractivity contribution in [1.82, 2.24) is 0 Å². The minimum absolute atomic E-state index is 0.343. The third kappa shape index (κ3) is 3.91. The molecule has 0 saturated carbocycles. The first kappa shape index (κ1) is 12.5. The normalized spacial score (nSPS) is 12.6. The van der Waals surface area contributed by atoms with Crippen molar-refractivity contribution in [2.24, 2.45) is 0 Å². The van der Waals surface area contributed by atoms with E-state index in [9.17, 15) is 0 Å². The van der Waals surface area contributed by atoms with E-state index in [1.807, 2.05) is 18.2 Å². The van der Waals surface area contributed by atoms with E-state index in [0.29, 0.717) is 11.4 Å². The molecule has 0 radical (unpaired) electrons. The van der Waals surface area contributed by atoms with Crippen molar-refractivity contribution >= 4 is 47.8 Å². The van der Waals surface area contributed by atoms with Crippen molar-refractivity contribution in [3.63, 3.8) is 0 Å². The summed E-state index contributed by atoms with van der Waals surface area (Å²) in [4.78, 5) is 0.343. The van der Waals surface area contributed by atoms with E-state index >= 15 is 0 Å². The number of aryl methyl sites for hydroxylation is 1. The molecule has 0 N–H and O–H groups in total. The zero-order chi connectivity index (χ0) is 10.6. The number of hydrogen-bond acceptors (Lipinski definition) is 1. The SMILES string of the molecule is Cc1ccc(OCC(Br)CBr)c(Br)c1. The van der Waals surface area contributed by atoms with Gasteiger partial charge in [-0.3, -0.25) is 0 Å². The van der Waals surface area contributed by atoms with Crippen LogP contribution in [0.2, 0.25) is 0 Å². The molecule has 0 bridgehead atoms. The summed E-state index contributed by atoms with van der Waals surface area (Å²) in [7, 11) is 0. The molecule has 0 aliphatic heterocycles. The molecule has 4 heteroatoms. The standard InChI is InChI=1S/C10H11Br3O/c1-7-2-3-10(9(13)4-7)14-6-8(12)5-11/h2-4,8H,5-6H2,1H3. The summed E-state index contributed by atoms with van der Waals surface area (Å²) in [5.41, 5.74) is 1.22. The lowest BCUT2D eigenvalue weighted by molar-refractivity contribution is 0.323. The van der Waals surface area contributed by atoms with Crippen molar-refractivity contribution in [2.45, 2.75) is 11.8 Å². The van der Waals surface area contributed by atoms with Crippen molar-refractivity contribution in [3.8, 4) is 5.75 Å². The van der Waals surface area contributed by atoms with E-state index < -0.39 is 0 Å². The fourth-order valence-corrected chi connectivity index (χ4v) is 1.87. The molecule has 14 heavy (non-hydrogen) atoms. The molecular formula is C10H11Br3O. The summed E-state index contributed by atoms with van der Waals surface area (Å²) in [6, 6.07) is 6.07. The second-order valence-electron chi connectivity index (χ2n) is 3.00. The van der Waals surface area contributed by atoms with Crippen molar-refractivity contribution in [2.75, 3.05) is 11.9 Å². The Morgan fingerprint density at radius 3 is 2.71 bits per heavy atom. The van der Waals surface area contributed by atoms with E-state index in [4.69, 9.17) is 4.74 Å². The first-order valence-corrected chi connectivity index (χ1v) is 7.05. The van der Waals surface area contributed by atoms with E-state index in [1.165, 1.54) is 5.56 Å². The van der Waals surface area contributed by atoms with E-state index in [-0.39, 0.29) is 0 Å². The molecule has 1 atom stereocenters. The van der Waals surface area contributed by atoms with Crippen LogP contribution in [0, 0.1) is 6.92 Å². The van der Waals surface area contributed by atoms with Gasteiger partial charge in [-0.25, -0.2) is 0 Å². The molecule has 0 aromatic heterocycles. The van der Waals surface area contributed by atoms with Crippen LogP contribution >= 0.6 is 47.8 Å². The Bertz CT molecular complexity index is 301. The Kier molecular flexibility index (Phi) is 5.49. The van der Waals surface area contributed by atoms with Gasteiger partial charge in [0.15, 0.2) is 0 Å². The van der Waals surface area contributed by atoms with Gasteiger partial charge in [0.25, 0.3) is 0 Å². The number of halogens is 3. The maximum absolute atomic E-state index is 5.62. The van der Waals surface area contributed by atoms with Crippen LogP contribution in [0.1, 0.15) is 5.56 Å². The minimum Gasteiger partial charge on any atom is -0.491 e. The van der Waals surface area contributed by atoms with Gasteiger partial charge in [-0.15, -0.1) is 0 Å². The van der Waals surface area contributed by atoms with Gasteiger partial charge in [0.05, 0.1) is 9.30 Å². The summed E-state index contributed by atoms with van der Waals surface area (Å²) in [6.45, 7) is 2.72. The Labute approximate surface area is 110 Å². The van der Waals surface area contributed by atoms with Crippen molar-refractivity contribution < 1.29 is 4.74 Å². The zero-order valence-electron chi connectivity index (χ0n) is 7.77. The van der Waals surface area contributed by atoms with Crippen LogP contribution in [0.25, 0.3) is 0 Å². The highest BCUT2D eigenvalue weighted by Crippen LogP contribution is 2.26. The molecule has 0 saturated heterocycles. The minimum atomic E-state index is 0.343. The fraction of sp³-hybridized carbons (Fsp3) is 0.400. The third-order valence-electron chi connectivity index (χ3n) is 1.67. The number of ether oxygens (including phenoxy) is 1. The molecule has 78 valence electrons. The summed E-state index contributed by atoms with van der Waals surface area (Å²) in [6.07, 6.45) is 0. The predicted molar refractivity (Wildman–Crippen MR) is 70.9 cm³/mol. The van der Waals surface area contributed by atoms with Gasteiger partial charge in [0, 0.05) is 5.33 Å². The molecule has 1 aromatic rings. The molecule has 0 aliphatic carbocycles. The number of rotatable bonds is 4. The van der Waals surface area contributed by atoms with Gasteiger partial charge in [-0.05, 0) is 40.5 Å². The van der Waals surface area contributed by atoms with Gasteiger partial charge in [0.1, 0.15) is 12.4 Å².